The maximum atomic E-state index is 11.3. The van der Waals surface area contributed by atoms with Crippen molar-refractivity contribution in [2.75, 3.05) is 39.8 Å². The molecule has 4 heteroatoms. The number of nitrogens with one attached hydrogen (secondary N) is 2. The molecule has 0 aromatic rings. The van der Waals surface area contributed by atoms with Crippen molar-refractivity contribution in [3.8, 4) is 0 Å². The molecule has 0 aromatic heterocycles. The van der Waals surface area contributed by atoms with E-state index in [1.54, 1.807) is 7.05 Å². The normalized spacial score (nSPS) is 16.5. The number of nitrogens with zero attached hydrogens (tertiary/aromatic N) is 1. The molecule has 1 aliphatic rings. The van der Waals surface area contributed by atoms with Gasteiger partial charge in [-0.3, -0.25) is 9.69 Å². The Hall–Kier alpha value is -0.610. The molecule has 1 amide bonds. The Morgan fingerprint density at radius 1 is 1.47 bits per heavy atom. The van der Waals surface area contributed by atoms with Gasteiger partial charge in [0.1, 0.15) is 0 Å². The maximum absolute atomic E-state index is 11.3. The highest BCUT2D eigenvalue weighted by molar-refractivity contribution is 5.77. The molecule has 0 atom stereocenters. The van der Waals surface area contributed by atoms with Gasteiger partial charge >= 0.3 is 0 Å². The summed E-state index contributed by atoms with van der Waals surface area (Å²) >= 11 is 0. The van der Waals surface area contributed by atoms with Crippen LogP contribution in [0.3, 0.4) is 0 Å². The second kappa shape index (κ2) is 6.80. The van der Waals surface area contributed by atoms with Crippen LogP contribution in [0.15, 0.2) is 0 Å². The molecule has 2 N–H and O–H groups in total. The number of carbonyl (C=O) groups excluding carboxylic acids is 1. The van der Waals surface area contributed by atoms with E-state index in [9.17, 15) is 4.79 Å². The molecule has 1 aliphatic heterocycles. The topological polar surface area (TPSA) is 44.4 Å². The Labute approximate surface area is 92.4 Å². The Bertz CT molecular complexity index is 192. The highest BCUT2D eigenvalue weighted by atomic mass is 16.1. The molecule has 1 fully saturated rings. The van der Waals surface area contributed by atoms with Gasteiger partial charge in [-0.1, -0.05) is 6.92 Å². The molecule has 15 heavy (non-hydrogen) atoms. The van der Waals surface area contributed by atoms with Gasteiger partial charge in [-0.2, -0.15) is 0 Å². The fourth-order valence-electron chi connectivity index (χ4n) is 1.79. The van der Waals surface area contributed by atoms with E-state index in [0.29, 0.717) is 6.54 Å². The van der Waals surface area contributed by atoms with E-state index in [-0.39, 0.29) is 5.91 Å². The third-order valence-corrected chi connectivity index (χ3v) is 2.91. The van der Waals surface area contributed by atoms with Crippen molar-refractivity contribution in [2.24, 2.45) is 5.92 Å². The van der Waals surface area contributed by atoms with Gasteiger partial charge in [0.25, 0.3) is 0 Å². The summed E-state index contributed by atoms with van der Waals surface area (Å²) in [5.74, 6) is 0.948. The summed E-state index contributed by atoms with van der Waals surface area (Å²) in [6.07, 6.45) is 2.32. The molecular formula is C11H23N3O. The first-order valence-electron chi connectivity index (χ1n) is 5.90. The summed E-state index contributed by atoms with van der Waals surface area (Å²) in [5.41, 5.74) is 0. The van der Waals surface area contributed by atoms with Gasteiger partial charge in [0.2, 0.25) is 5.91 Å². The standard InChI is InChI=1S/C11H23N3O/c1-3-5-14(9-11(15)12-2)6-4-10-7-13-8-10/h10,13H,3-9H2,1-2H3,(H,12,15). The third kappa shape index (κ3) is 4.62. The second-order valence-corrected chi connectivity index (χ2v) is 4.26. The molecule has 0 aliphatic carbocycles. The SMILES string of the molecule is CCCN(CCC1CNC1)CC(=O)NC. The van der Waals surface area contributed by atoms with E-state index in [1.807, 2.05) is 0 Å². The lowest BCUT2D eigenvalue weighted by molar-refractivity contribution is -0.121. The molecular weight excluding hydrogens is 190 g/mol. The number of carbonyl (C=O) groups is 1. The first-order valence-corrected chi connectivity index (χ1v) is 5.90. The number of rotatable bonds is 7. The Balaban J connectivity index is 2.18. The van der Waals surface area contributed by atoms with E-state index in [2.05, 4.69) is 22.5 Å². The van der Waals surface area contributed by atoms with E-state index in [1.165, 1.54) is 6.42 Å². The quantitative estimate of drug-likeness (QED) is 0.628. The number of hydrogen-bond donors (Lipinski definition) is 2. The summed E-state index contributed by atoms with van der Waals surface area (Å²) in [7, 11) is 1.70. The molecule has 1 rings (SSSR count). The molecule has 0 bridgehead atoms. The number of hydrogen-bond acceptors (Lipinski definition) is 3. The van der Waals surface area contributed by atoms with Crippen molar-refractivity contribution in [1.82, 2.24) is 15.5 Å². The van der Waals surface area contributed by atoms with Crippen LogP contribution in [0.25, 0.3) is 0 Å². The van der Waals surface area contributed by atoms with Gasteiger partial charge < -0.3 is 10.6 Å². The van der Waals surface area contributed by atoms with Gasteiger partial charge in [0, 0.05) is 7.05 Å². The molecule has 1 saturated heterocycles. The van der Waals surface area contributed by atoms with Crippen LogP contribution in [0.1, 0.15) is 19.8 Å². The van der Waals surface area contributed by atoms with Crippen molar-refractivity contribution in [2.45, 2.75) is 19.8 Å². The molecule has 4 nitrogen and oxygen atoms in total. The molecule has 0 spiro atoms. The lowest BCUT2D eigenvalue weighted by Gasteiger charge is -2.30. The smallest absolute Gasteiger partial charge is 0.233 e. The van der Waals surface area contributed by atoms with Gasteiger partial charge in [0.15, 0.2) is 0 Å². The zero-order chi connectivity index (χ0) is 11.1. The predicted molar refractivity (Wildman–Crippen MR) is 61.8 cm³/mol. The Morgan fingerprint density at radius 3 is 2.67 bits per heavy atom. The van der Waals surface area contributed by atoms with Crippen LogP contribution < -0.4 is 10.6 Å². The van der Waals surface area contributed by atoms with E-state index in [4.69, 9.17) is 0 Å². The predicted octanol–water partition coefficient (Wildman–Crippen LogP) is 0.0539. The first-order chi connectivity index (χ1) is 7.26. The van der Waals surface area contributed by atoms with Gasteiger partial charge in [-0.25, -0.2) is 0 Å². The lowest BCUT2D eigenvalue weighted by atomic mass is 9.99. The van der Waals surface area contributed by atoms with E-state index in [0.717, 1.165) is 38.5 Å². The molecule has 88 valence electrons. The zero-order valence-electron chi connectivity index (χ0n) is 9.88. The summed E-state index contributed by atoms with van der Waals surface area (Å²) < 4.78 is 0. The Kier molecular flexibility index (Phi) is 5.65. The molecule has 1 heterocycles. The zero-order valence-corrected chi connectivity index (χ0v) is 9.88. The summed E-state index contributed by atoms with van der Waals surface area (Å²) in [5, 5.41) is 5.95. The molecule has 0 aromatic carbocycles. The van der Waals surface area contributed by atoms with Crippen molar-refractivity contribution < 1.29 is 4.79 Å². The van der Waals surface area contributed by atoms with Crippen LogP contribution in [0.2, 0.25) is 0 Å². The molecule has 0 unspecified atom stereocenters. The lowest BCUT2D eigenvalue weighted by Crippen LogP contribution is -2.44. The molecule has 0 radical (unpaired) electrons. The van der Waals surface area contributed by atoms with Gasteiger partial charge in [0.05, 0.1) is 6.54 Å². The largest absolute Gasteiger partial charge is 0.358 e. The first kappa shape index (κ1) is 12.5. The van der Waals surface area contributed by atoms with Gasteiger partial charge in [-0.05, 0) is 44.9 Å². The minimum absolute atomic E-state index is 0.121. The average Bonchev–Trinajstić information content (AvgIpc) is 2.15. The van der Waals surface area contributed by atoms with Crippen molar-refractivity contribution in [1.29, 1.82) is 0 Å². The minimum atomic E-state index is 0.121. The van der Waals surface area contributed by atoms with E-state index >= 15 is 0 Å². The Morgan fingerprint density at radius 2 is 2.20 bits per heavy atom. The second-order valence-electron chi connectivity index (χ2n) is 4.26. The van der Waals surface area contributed by atoms with Gasteiger partial charge in [-0.15, -0.1) is 0 Å². The van der Waals surface area contributed by atoms with Crippen LogP contribution in [0.5, 0.6) is 0 Å². The highest BCUT2D eigenvalue weighted by Crippen LogP contribution is 2.09. The van der Waals surface area contributed by atoms with Crippen LogP contribution in [-0.4, -0.2) is 50.6 Å². The third-order valence-electron chi connectivity index (χ3n) is 2.91. The minimum Gasteiger partial charge on any atom is -0.358 e. The number of amides is 1. The summed E-state index contributed by atoms with van der Waals surface area (Å²) in [6.45, 7) is 7.08. The van der Waals surface area contributed by atoms with Crippen molar-refractivity contribution in [3.05, 3.63) is 0 Å². The van der Waals surface area contributed by atoms with Crippen LogP contribution in [-0.2, 0) is 4.79 Å². The van der Waals surface area contributed by atoms with Crippen LogP contribution >= 0.6 is 0 Å². The highest BCUT2D eigenvalue weighted by Gasteiger charge is 2.18. The average molecular weight is 213 g/mol. The van der Waals surface area contributed by atoms with Crippen LogP contribution in [0.4, 0.5) is 0 Å². The maximum Gasteiger partial charge on any atom is 0.233 e. The molecule has 0 saturated carbocycles. The number of likely N-dealkylation sites (N-methyl/N-ethyl adjacent to an activating group) is 1. The summed E-state index contributed by atoms with van der Waals surface area (Å²) in [4.78, 5) is 13.5. The van der Waals surface area contributed by atoms with Crippen LogP contribution in [0, 0.1) is 5.92 Å². The monoisotopic (exact) mass is 213 g/mol. The fraction of sp³-hybridized carbons (Fsp3) is 0.909. The fourth-order valence-corrected chi connectivity index (χ4v) is 1.79. The van der Waals surface area contributed by atoms with E-state index < -0.39 is 0 Å². The summed E-state index contributed by atoms with van der Waals surface area (Å²) in [6, 6.07) is 0. The van der Waals surface area contributed by atoms with Crippen molar-refractivity contribution in [3.63, 3.8) is 0 Å². The van der Waals surface area contributed by atoms with Crippen molar-refractivity contribution >= 4 is 5.91 Å².